The van der Waals surface area contributed by atoms with Crippen molar-refractivity contribution in [2.45, 2.75) is 63.5 Å². The third-order valence-electron chi connectivity index (χ3n) is 6.43. The SMILES string of the molecule is COc1ccc([C@H]2C(C(C)=O)=NN(c3ccccc3)[C@@H]2CC(=O)NC2CCCCC2)cc1. The summed E-state index contributed by atoms with van der Waals surface area (Å²) in [7, 11) is 1.63. The van der Waals surface area contributed by atoms with Crippen molar-refractivity contribution >= 4 is 23.1 Å². The summed E-state index contributed by atoms with van der Waals surface area (Å²) in [5.41, 5.74) is 2.31. The molecular weight excluding hydrogens is 402 g/mol. The summed E-state index contributed by atoms with van der Waals surface area (Å²) in [5, 5.41) is 9.81. The first-order chi connectivity index (χ1) is 15.6. The highest BCUT2D eigenvalue weighted by molar-refractivity contribution is 6.42. The van der Waals surface area contributed by atoms with Crippen LogP contribution in [0.2, 0.25) is 0 Å². The van der Waals surface area contributed by atoms with Crippen LogP contribution in [0.1, 0.15) is 56.9 Å². The molecule has 1 amide bonds. The number of hydrazone groups is 1. The Balaban J connectivity index is 1.65. The smallest absolute Gasteiger partial charge is 0.222 e. The minimum atomic E-state index is -0.296. The van der Waals surface area contributed by atoms with Crippen LogP contribution in [0.25, 0.3) is 0 Å². The fraction of sp³-hybridized carbons (Fsp3) is 0.423. The van der Waals surface area contributed by atoms with Crippen molar-refractivity contribution < 1.29 is 14.3 Å². The van der Waals surface area contributed by atoms with Crippen molar-refractivity contribution in [2.75, 3.05) is 12.1 Å². The predicted octanol–water partition coefficient (Wildman–Crippen LogP) is 4.45. The van der Waals surface area contributed by atoms with Crippen LogP contribution in [0, 0.1) is 0 Å². The van der Waals surface area contributed by atoms with Gasteiger partial charge in [-0.3, -0.25) is 14.6 Å². The largest absolute Gasteiger partial charge is 0.497 e. The number of methoxy groups -OCH3 is 1. The van der Waals surface area contributed by atoms with E-state index in [1.165, 1.54) is 6.42 Å². The lowest BCUT2D eigenvalue weighted by atomic mass is 9.84. The summed E-state index contributed by atoms with van der Waals surface area (Å²) < 4.78 is 5.30. The number of hydrogen-bond donors (Lipinski definition) is 1. The van der Waals surface area contributed by atoms with Crippen molar-refractivity contribution in [3.8, 4) is 5.75 Å². The zero-order valence-corrected chi connectivity index (χ0v) is 18.8. The number of benzene rings is 2. The Morgan fingerprint density at radius 2 is 1.72 bits per heavy atom. The quantitative estimate of drug-likeness (QED) is 0.700. The molecule has 0 aromatic heterocycles. The highest BCUT2D eigenvalue weighted by atomic mass is 16.5. The van der Waals surface area contributed by atoms with E-state index in [1.807, 2.05) is 59.6 Å². The monoisotopic (exact) mass is 433 g/mol. The number of nitrogens with zero attached hydrogens (tertiary/aromatic N) is 2. The number of anilines is 1. The number of carbonyl (C=O) groups excluding carboxylic acids is 2. The van der Waals surface area contributed by atoms with Gasteiger partial charge in [-0.15, -0.1) is 0 Å². The van der Waals surface area contributed by atoms with Crippen molar-refractivity contribution in [1.82, 2.24) is 5.32 Å². The van der Waals surface area contributed by atoms with Gasteiger partial charge < -0.3 is 10.1 Å². The van der Waals surface area contributed by atoms with Crippen LogP contribution in [0.5, 0.6) is 5.75 Å². The van der Waals surface area contributed by atoms with E-state index >= 15 is 0 Å². The molecule has 4 rings (SSSR count). The van der Waals surface area contributed by atoms with Crippen LogP contribution in [0.4, 0.5) is 5.69 Å². The molecule has 0 spiro atoms. The van der Waals surface area contributed by atoms with Gasteiger partial charge in [-0.1, -0.05) is 49.6 Å². The number of ketones is 1. The topological polar surface area (TPSA) is 71.0 Å². The molecule has 1 N–H and O–H groups in total. The summed E-state index contributed by atoms with van der Waals surface area (Å²) in [6.45, 7) is 1.54. The first-order valence-electron chi connectivity index (χ1n) is 11.4. The number of Topliss-reactive ketones (excluding diaryl/α,β-unsaturated/α-hetero) is 1. The maximum Gasteiger partial charge on any atom is 0.222 e. The van der Waals surface area contributed by atoms with Crippen LogP contribution in [0.3, 0.4) is 0 Å². The number of rotatable bonds is 7. The average Bonchev–Trinajstić information content (AvgIpc) is 3.19. The molecule has 0 bridgehead atoms. The summed E-state index contributed by atoms with van der Waals surface area (Å²) in [5.74, 6) is 0.388. The number of ether oxygens (including phenoxy) is 1. The van der Waals surface area contributed by atoms with Crippen LogP contribution in [0.15, 0.2) is 59.7 Å². The molecule has 6 nitrogen and oxygen atoms in total. The van der Waals surface area contributed by atoms with E-state index in [0.29, 0.717) is 5.71 Å². The van der Waals surface area contributed by atoms with E-state index < -0.39 is 0 Å². The highest BCUT2D eigenvalue weighted by Gasteiger charge is 2.42. The molecule has 1 fully saturated rings. The van der Waals surface area contributed by atoms with Gasteiger partial charge in [0.25, 0.3) is 0 Å². The van der Waals surface area contributed by atoms with Gasteiger partial charge in [-0.2, -0.15) is 5.10 Å². The molecular formula is C26H31N3O3. The molecule has 0 saturated heterocycles. The van der Waals surface area contributed by atoms with Gasteiger partial charge in [0.1, 0.15) is 11.5 Å². The van der Waals surface area contributed by atoms with Gasteiger partial charge in [-0.05, 0) is 42.7 Å². The lowest BCUT2D eigenvalue weighted by Gasteiger charge is -2.29. The molecule has 1 aliphatic carbocycles. The molecule has 2 aromatic carbocycles. The summed E-state index contributed by atoms with van der Waals surface area (Å²) >= 11 is 0. The van der Waals surface area contributed by atoms with Crippen LogP contribution in [-0.2, 0) is 9.59 Å². The minimum Gasteiger partial charge on any atom is -0.497 e. The van der Waals surface area contributed by atoms with Gasteiger partial charge in [0.2, 0.25) is 5.91 Å². The highest BCUT2D eigenvalue weighted by Crippen LogP contribution is 2.37. The Hall–Kier alpha value is -3.15. The summed E-state index contributed by atoms with van der Waals surface area (Å²) in [6.07, 6.45) is 5.91. The molecule has 2 atom stereocenters. The molecule has 32 heavy (non-hydrogen) atoms. The Labute approximate surface area is 189 Å². The van der Waals surface area contributed by atoms with Crippen LogP contribution >= 0.6 is 0 Å². The number of amides is 1. The minimum absolute atomic E-state index is 0.0151. The first kappa shape index (κ1) is 22.1. The Morgan fingerprint density at radius 3 is 2.34 bits per heavy atom. The average molecular weight is 434 g/mol. The number of nitrogens with one attached hydrogen (secondary N) is 1. The Bertz CT molecular complexity index is 966. The van der Waals surface area contributed by atoms with E-state index in [4.69, 9.17) is 9.84 Å². The standard InChI is InChI=1S/C26H31N3O3/c1-18(30)26-25(19-13-15-22(32-2)16-14-19)23(29(28-26)21-11-7-4-8-12-21)17-24(31)27-20-9-5-3-6-10-20/h4,7-8,11-16,20,23,25H,3,5-6,9-10,17H2,1-2H3,(H,27,31)/t23-,25-/m1/s1. The van der Waals surface area contributed by atoms with Gasteiger partial charge in [-0.25, -0.2) is 0 Å². The van der Waals surface area contributed by atoms with E-state index in [-0.39, 0.29) is 36.1 Å². The number of carbonyl (C=O) groups is 2. The van der Waals surface area contributed by atoms with Crippen molar-refractivity contribution in [3.63, 3.8) is 0 Å². The van der Waals surface area contributed by atoms with E-state index in [2.05, 4.69) is 5.32 Å². The third-order valence-corrected chi connectivity index (χ3v) is 6.43. The molecule has 0 unspecified atom stereocenters. The van der Waals surface area contributed by atoms with Crippen molar-refractivity contribution in [2.24, 2.45) is 5.10 Å². The zero-order chi connectivity index (χ0) is 22.5. The second-order valence-electron chi connectivity index (χ2n) is 8.65. The molecule has 1 heterocycles. The lowest BCUT2D eigenvalue weighted by Crippen LogP contribution is -2.42. The van der Waals surface area contributed by atoms with E-state index in [0.717, 1.165) is 42.7 Å². The fourth-order valence-electron chi connectivity index (χ4n) is 4.81. The van der Waals surface area contributed by atoms with Gasteiger partial charge in [0.15, 0.2) is 5.78 Å². The lowest BCUT2D eigenvalue weighted by molar-refractivity contribution is -0.122. The molecule has 1 saturated carbocycles. The van der Waals surface area contributed by atoms with E-state index in [9.17, 15) is 9.59 Å². The van der Waals surface area contributed by atoms with Gasteiger partial charge >= 0.3 is 0 Å². The van der Waals surface area contributed by atoms with Crippen LogP contribution in [-0.4, -0.2) is 36.6 Å². The van der Waals surface area contributed by atoms with Crippen LogP contribution < -0.4 is 15.1 Å². The second-order valence-corrected chi connectivity index (χ2v) is 8.65. The van der Waals surface area contributed by atoms with Gasteiger partial charge in [0.05, 0.1) is 31.2 Å². The Kier molecular flexibility index (Phi) is 6.88. The molecule has 2 aromatic rings. The maximum atomic E-state index is 13.1. The molecule has 2 aliphatic rings. The van der Waals surface area contributed by atoms with Gasteiger partial charge in [0, 0.05) is 13.0 Å². The number of para-hydroxylation sites is 1. The third kappa shape index (κ3) is 4.85. The normalized spacial score (nSPS) is 21.2. The Morgan fingerprint density at radius 1 is 1.03 bits per heavy atom. The number of hydrogen-bond acceptors (Lipinski definition) is 5. The molecule has 1 aliphatic heterocycles. The fourth-order valence-corrected chi connectivity index (χ4v) is 4.81. The first-order valence-corrected chi connectivity index (χ1v) is 11.4. The summed E-state index contributed by atoms with van der Waals surface area (Å²) in [6, 6.07) is 17.4. The predicted molar refractivity (Wildman–Crippen MR) is 126 cm³/mol. The van der Waals surface area contributed by atoms with E-state index in [1.54, 1.807) is 14.0 Å². The molecule has 0 radical (unpaired) electrons. The zero-order valence-electron chi connectivity index (χ0n) is 18.8. The van der Waals surface area contributed by atoms with Crippen molar-refractivity contribution in [1.29, 1.82) is 0 Å². The summed E-state index contributed by atoms with van der Waals surface area (Å²) in [4.78, 5) is 25.7. The molecule has 6 heteroatoms. The molecule has 168 valence electrons. The maximum absolute atomic E-state index is 13.1. The van der Waals surface area contributed by atoms with Crippen molar-refractivity contribution in [3.05, 3.63) is 60.2 Å². The second kappa shape index (κ2) is 9.98.